The highest BCUT2D eigenvalue weighted by Crippen LogP contribution is 2.40. The van der Waals surface area contributed by atoms with Crippen LogP contribution in [-0.2, 0) is 0 Å². The predicted molar refractivity (Wildman–Crippen MR) is 369 cm³/mol. The first-order valence-electron chi connectivity index (χ1n) is 28.3. The van der Waals surface area contributed by atoms with Crippen molar-refractivity contribution in [3.63, 3.8) is 0 Å². The predicted octanol–water partition coefficient (Wildman–Crippen LogP) is 17.3. The maximum absolute atomic E-state index is 9.44. The molecule has 18 rings (SSSR count). The minimum Gasteiger partial charge on any atom is -0.423 e. The summed E-state index contributed by atoms with van der Waals surface area (Å²) in [5.74, 6) is 1.60. The molecule has 0 atom stereocenters. The molecule has 0 amide bonds. The van der Waals surface area contributed by atoms with Crippen molar-refractivity contribution in [2.75, 3.05) is 0 Å². The van der Waals surface area contributed by atoms with Crippen LogP contribution in [0.25, 0.3) is 153 Å². The van der Waals surface area contributed by atoms with E-state index in [2.05, 4.69) is 205 Å². The van der Waals surface area contributed by atoms with Crippen LogP contribution in [0.1, 0.15) is 0 Å². The Morgan fingerprint density at radius 3 is 1.32 bits per heavy atom. The van der Waals surface area contributed by atoms with Crippen LogP contribution >= 0.6 is 47.8 Å². The fourth-order valence-electron chi connectivity index (χ4n) is 12.5. The van der Waals surface area contributed by atoms with E-state index < -0.39 is 7.12 Å². The Morgan fingerprint density at radius 1 is 0.318 bits per heavy atom. The van der Waals surface area contributed by atoms with Crippen molar-refractivity contribution in [1.29, 1.82) is 0 Å². The lowest BCUT2D eigenvalue weighted by molar-refractivity contribution is 0.426. The van der Waals surface area contributed by atoms with Gasteiger partial charge in [0.2, 0.25) is 0 Å². The zero-order valence-electron chi connectivity index (χ0n) is 46.2. The third kappa shape index (κ3) is 9.01. The van der Waals surface area contributed by atoms with Crippen LogP contribution in [0, 0.1) is 0 Å². The molecule has 0 saturated carbocycles. The van der Waals surface area contributed by atoms with Crippen molar-refractivity contribution in [2.24, 2.45) is 0 Å². The molecule has 10 aromatic carbocycles. The Hall–Kier alpha value is -9.94. The van der Waals surface area contributed by atoms with Crippen LogP contribution in [-0.4, -0.2) is 66.2 Å². The molecule has 0 aliphatic carbocycles. The summed E-state index contributed by atoms with van der Waals surface area (Å²) in [5.41, 5.74) is 9.65. The van der Waals surface area contributed by atoms with Gasteiger partial charge >= 0.3 is 7.12 Å². The molecule has 2 N–H and O–H groups in total. The van der Waals surface area contributed by atoms with E-state index in [9.17, 15) is 10.0 Å². The second-order valence-electron chi connectivity index (χ2n) is 21.3. The highest BCUT2D eigenvalue weighted by Gasteiger charge is 2.21. The number of hydrogen-bond donors (Lipinski definition) is 2. The molecular weight excluding hydrogens is 1290 g/mol. The molecular formula is C72H42BBr3N10O2. The molecule has 0 aliphatic heterocycles. The number of rotatable bonds is 4. The number of fused-ring (bicyclic) bond motifs is 18. The number of aromatic nitrogens is 10. The van der Waals surface area contributed by atoms with Crippen LogP contribution in [0.2, 0.25) is 0 Å². The van der Waals surface area contributed by atoms with Crippen molar-refractivity contribution < 1.29 is 10.0 Å². The lowest BCUT2D eigenvalue weighted by Gasteiger charge is -2.14. The van der Waals surface area contributed by atoms with Gasteiger partial charge in [-0.1, -0.05) is 152 Å². The fourth-order valence-corrected chi connectivity index (χ4v) is 13.9. The summed E-state index contributed by atoms with van der Waals surface area (Å²) in [6.07, 6.45) is 3.65. The van der Waals surface area contributed by atoms with Crippen LogP contribution in [0.4, 0.5) is 0 Å². The van der Waals surface area contributed by atoms with Crippen LogP contribution < -0.4 is 5.46 Å². The lowest BCUT2D eigenvalue weighted by atomic mass is 9.76. The Balaban J connectivity index is 0.000000117. The van der Waals surface area contributed by atoms with Gasteiger partial charge in [-0.2, -0.15) is 0 Å². The normalized spacial score (nSPS) is 11.7. The average Bonchev–Trinajstić information content (AvgIpc) is 1.36. The number of para-hydroxylation sites is 2. The summed E-state index contributed by atoms with van der Waals surface area (Å²) in [5, 5.41) is 36.2. The van der Waals surface area contributed by atoms with Crippen molar-refractivity contribution >= 4 is 191 Å². The molecule has 0 aliphatic rings. The molecule has 0 spiro atoms. The van der Waals surface area contributed by atoms with E-state index >= 15 is 0 Å². The maximum Gasteiger partial charge on any atom is 0.489 e. The van der Waals surface area contributed by atoms with Crippen LogP contribution in [0.5, 0.6) is 0 Å². The van der Waals surface area contributed by atoms with Crippen LogP contribution in [0.3, 0.4) is 0 Å². The Morgan fingerprint density at radius 2 is 0.750 bits per heavy atom. The number of pyridine rings is 4. The Bertz CT molecular complexity index is 5790. The van der Waals surface area contributed by atoms with E-state index in [1.54, 1.807) is 0 Å². The Labute approximate surface area is 526 Å². The van der Waals surface area contributed by atoms with E-state index in [4.69, 9.17) is 24.9 Å². The highest BCUT2D eigenvalue weighted by molar-refractivity contribution is 9.11. The first-order valence-corrected chi connectivity index (χ1v) is 30.7. The van der Waals surface area contributed by atoms with Gasteiger partial charge in [-0.15, -0.1) is 0 Å². The average molecular weight is 1330 g/mol. The molecule has 8 aromatic heterocycles. The Kier molecular flexibility index (Phi) is 13.3. The van der Waals surface area contributed by atoms with Gasteiger partial charge < -0.3 is 10.0 Å². The zero-order chi connectivity index (χ0) is 59.1. The molecule has 0 unspecified atom stereocenters. The van der Waals surface area contributed by atoms with Gasteiger partial charge in [0.05, 0.1) is 27.8 Å². The van der Waals surface area contributed by atoms with E-state index in [1.165, 1.54) is 16.2 Å². The monoisotopic (exact) mass is 1330 g/mol. The topological polar surface area (TPSA) is 153 Å². The number of hydrogen-bond acceptors (Lipinski definition) is 10. The van der Waals surface area contributed by atoms with Crippen molar-refractivity contribution in [3.05, 3.63) is 257 Å². The van der Waals surface area contributed by atoms with Gasteiger partial charge in [-0.05, 0) is 175 Å². The maximum atomic E-state index is 9.44. The third-order valence-electron chi connectivity index (χ3n) is 16.3. The summed E-state index contributed by atoms with van der Waals surface area (Å²) in [6.45, 7) is 0. The van der Waals surface area contributed by atoms with Gasteiger partial charge in [0.25, 0.3) is 0 Å². The van der Waals surface area contributed by atoms with Gasteiger partial charge in [0, 0.05) is 61.0 Å². The molecule has 416 valence electrons. The van der Waals surface area contributed by atoms with E-state index in [1.807, 2.05) is 109 Å². The summed E-state index contributed by atoms with van der Waals surface area (Å²) in [7, 11) is -1.44. The molecule has 0 saturated heterocycles. The van der Waals surface area contributed by atoms with Gasteiger partial charge in [0.15, 0.2) is 9.47 Å². The first-order chi connectivity index (χ1) is 43.2. The molecule has 8 heterocycles. The minimum atomic E-state index is -1.44. The second kappa shape index (κ2) is 21.8. The van der Waals surface area contributed by atoms with Crippen molar-refractivity contribution in [1.82, 2.24) is 49.0 Å². The molecule has 0 bridgehead atoms. The SMILES string of the molecule is Brc1nc(-c2cc3ccccc3c3ccccc23)c2ccc3ccc(-n4c5ccccc5c5cccnc54)nc3c2n1.Brc1nc(Br)c2ccc3ccc(-n4c5ccccc5c5cccnc54)nc3c2n1.OB(O)c1cc2ccccc2c2ccccc12. The van der Waals surface area contributed by atoms with Crippen molar-refractivity contribution in [3.8, 4) is 22.9 Å². The standard InChI is InChI=1S/C36H20BrN5.C22H11Br2N5.C14H11BO2/c37-36-40-33(29-20-22-8-1-2-9-23(22)24-10-3-4-11-25(24)29)28-17-15-21-16-18-31(39-32(21)34(28)41-36)42-30-14-6-5-12-26(30)27-13-7-19-38-35(27)42;23-20-15-9-7-12-8-10-17(26-18(12)19(15)27-22(24)28-20)29-16-6-2-1-4-13(16)14-5-3-11-25-21(14)29;16-15(17)14-9-10-5-1-2-6-11(10)12-7-3-4-8-13(12)14/h1-20H;1-11H;1-9,16-17H. The largest absolute Gasteiger partial charge is 0.489 e. The van der Waals surface area contributed by atoms with Crippen LogP contribution in [0.15, 0.2) is 257 Å². The molecule has 0 fully saturated rings. The summed E-state index contributed by atoms with van der Waals surface area (Å²) in [4.78, 5) is 38.5. The summed E-state index contributed by atoms with van der Waals surface area (Å²) < 4.78 is 6.03. The molecule has 12 nitrogen and oxygen atoms in total. The van der Waals surface area contributed by atoms with Gasteiger partial charge in [-0.25, -0.2) is 39.9 Å². The minimum absolute atomic E-state index is 0.523. The van der Waals surface area contributed by atoms with Gasteiger partial charge in [0.1, 0.15) is 38.6 Å². The summed E-state index contributed by atoms with van der Waals surface area (Å²) >= 11 is 10.6. The number of benzene rings is 10. The quantitative estimate of drug-likeness (QED) is 0.0753. The first kappa shape index (κ1) is 53.5. The molecule has 18 aromatic rings. The second-order valence-corrected chi connectivity index (χ2v) is 23.5. The van der Waals surface area contributed by atoms with E-state index in [0.717, 1.165) is 142 Å². The summed E-state index contributed by atoms with van der Waals surface area (Å²) in [6, 6.07) is 78.3. The third-order valence-corrected chi connectivity index (χ3v) is 17.7. The molecule has 16 heteroatoms. The van der Waals surface area contributed by atoms with E-state index in [-0.39, 0.29) is 0 Å². The number of nitrogens with zero attached hydrogens (tertiary/aromatic N) is 10. The zero-order valence-corrected chi connectivity index (χ0v) is 50.9. The fraction of sp³-hybridized carbons (Fsp3) is 0. The van der Waals surface area contributed by atoms with E-state index in [0.29, 0.717) is 14.9 Å². The highest BCUT2D eigenvalue weighted by atomic mass is 79.9. The molecule has 0 radical (unpaired) electrons. The molecule has 88 heavy (non-hydrogen) atoms. The lowest BCUT2D eigenvalue weighted by Crippen LogP contribution is -2.30. The number of halogens is 3. The smallest absolute Gasteiger partial charge is 0.423 e. The van der Waals surface area contributed by atoms with Crippen molar-refractivity contribution in [2.45, 2.75) is 0 Å². The van der Waals surface area contributed by atoms with Gasteiger partial charge in [-0.3, -0.25) is 9.13 Å².